The molecule has 12 heavy (non-hydrogen) atoms. The molecule has 0 aliphatic heterocycles. The number of anilines is 1. The van der Waals surface area contributed by atoms with Crippen LogP contribution in [0.1, 0.15) is 0 Å². The maximum Gasteiger partial charge on any atom is 0.233 e. The molecular weight excluding hydrogens is 220 g/mol. The predicted octanol–water partition coefficient (Wildman–Crippen LogP) is 2.63. The summed E-state index contributed by atoms with van der Waals surface area (Å²) in [4.78, 5) is 0. The Labute approximate surface area is 77.9 Å². The van der Waals surface area contributed by atoms with Crippen LogP contribution in [0, 0.1) is 0 Å². The molecule has 0 saturated carbocycles. The lowest BCUT2D eigenvalue weighted by Gasteiger charge is -1.94. The highest BCUT2D eigenvalue weighted by atomic mass is 79.9. The molecule has 0 spiro atoms. The number of fused-ring (bicyclic) bond motifs is 1. The Bertz CT molecular complexity index is 410. The second-order valence-electron chi connectivity index (χ2n) is 2.40. The summed E-state index contributed by atoms with van der Waals surface area (Å²) in [7, 11) is 1.80. The third kappa shape index (κ3) is 0.992. The lowest BCUT2D eigenvalue weighted by Crippen LogP contribution is -1.84. The minimum atomic E-state index is 0.692. The monoisotopic (exact) mass is 226 g/mol. The maximum absolute atomic E-state index is 5.05. The van der Waals surface area contributed by atoms with Gasteiger partial charge in [-0.15, -0.1) is 0 Å². The number of benzene rings is 1. The van der Waals surface area contributed by atoms with Crippen molar-refractivity contribution in [2.24, 2.45) is 0 Å². The molecule has 1 aromatic carbocycles. The van der Waals surface area contributed by atoms with Crippen LogP contribution in [-0.2, 0) is 0 Å². The van der Waals surface area contributed by atoms with E-state index >= 15 is 0 Å². The molecule has 0 saturated heterocycles. The van der Waals surface area contributed by atoms with Gasteiger partial charge in [-0.3, -0.25) is 0 Å². The van der Waals surface area contributed by atoms with Crippen molar-refractivity contribution in [1.82, 2.24) is 5.16 Å². The van der Waals surface area contributed by atoms with Gasteiger partial charge in [0.2, 0.25) is 5.88 Å². The van der Waals surface area contributed by atoms with Gasteiger partial charge in [0, 0.05) is 11.5 Å². The van der Waals surface area contributed by atoms with Crippen molar-refractivity contribution in [3.05, 3.63) is 22.7 Å². The molecule has 3 nitrogen and oxygen atoms in total. The zero-order chi connectivity index (χ0) is 8.55. The van der Waals surface area contributed by atoms with E-state index in [0.717, 1.165) is 15.4 Å². The number of hydrogen-bond donors (Lipinski definition) is 1. The van der Waals surface area contributed by atoms with Gasteiger partial charge in [-0.05, 0) is 28.1 Å². The lowest BCUT2D eigenvalue weighted by molar-refractivity contribution is 0.442. The van der Waals surface area contributed by atoms with E-state index in [1.165, 1.54) is 0 Å². The van der Waals surface area contributed by atoms with Gasteiger partial charge in [-0.1, -0.05) is 11.2 Å². The van der Waals surface area contributed by atoms with E-state index < -0.39 is 0 Å². The van der Waals surface area contributed by atoms with Crippen molar-refractivity contribution in [3.63, 3.8) is 0 Å². The van der Waals surface area contributed by atoms with E-state index in [0.29, 0.717) is 5.88 Å². The molecule has 0 bridgehead atoms. The Morgan fingerprint density at radius 2 is 2.33 bits per heavy atom. The van der Waals surface area contributed by atoms with Crippen LogP contribution < -0.4 is 5.32 Å². The molecule has 1 N–H and O–H groups in total. The van der Waals surface area contributed by atoms with Crippen LogP contribution in [0.3, 0.4) is 0 Å². The third-order valence-corrected chi connectivity index (χ3v) is 2.34. The van der Waals surface area contributed by atoms with Crippen molar-refractivity contribution in [2.75, 3.05) is 12.4 Å². The molecule has 0 atom stereocenters. The third-order valence-electron chi connectivity index (χ3n) is 1.68. The van der Waals surface area contributed by atoms with Gasteiger partial charge in [0.05, 0.1) is 5.39 Å². The SMILES string of the molecule is CNc1onc2cccc(Br)c12. The number of hydrogen-bond acceptors (Lipinski definition) is 3. The molecule has 0 aliphatic carbocycles. The lowest BCUT2D eigenvalue weighted by atomic mass is 10.2. The van der Waals surface area contributed by atoms with Crippen LogP contribution in [0.15, 0.2) is 27.2 Å². The molecule has 62 valence electrons. The van der Waals surface area contributed by atoms with Crippen LogP contribution in [0.4, 0.5) is 5.88 Å². The summed E-state index contributed by atoms with van der Waals surface area (Å²) in [5.41, 5.74) is 0.855. The molecule has 1 heterocycles. The van der Waals surface area contributed by atoms with Gasteiger partial charge in [0.1, 0.15) is 5.52 Å². The van der Waals surface area contributed by atoms with Crippen LogP contribution in [-0.4, -0.2) is 12.2 Å². The van der Waals surface area contributed by atoms with Crippen LogP contribution in [0.5, 0.6) is 0 Å². The minimum absolute atomic E-state index is 0.692. The van der Waals surface area contributed by atoms with Gasteiger partial charge >= 0.3 is 0 Å². The summed E-state index contributed by atoms with van der Waals surface area (Å²) in [6.45, 7) is 0. The zero-order valence-electron chi connectivity index (χ0n) is 6.47. The Morgan fingerprint density at radius 3 is 3.08 bits per heavy atom. The van der Waals surface area contributed by atoms with Crippen molar-refractivity contribution in [1.29, 1.82) is 0 Å². The van der Waals surface area contributed by atoms with Crippen LogP contribution >= 0.6 is 15.9 Å². The number of nitrogens with one attached hydrogen (secondary N) is 1. The highest BCUT2D eigenvalue weighted by molar-refractivity contribution is 9.10. The normalized spacial score (nSPS) is 10.5. The summed E-state index contributed by atoms with van der Waals surface area (Å²) < 4.78 is 6.05. The molecule has 0 fully saturated rings. The summed E-state index contributed by atoms with van der Waals surface area (Å²) in [5.74, 6) is 0.692. The van der Waals surface area contributed by atoms with E-state index in [9.17, 15) is 0 Å². The highest BCUT2D eigenvalue weighted by Crippen LogP contribution is 2.29. The van der Waals surface area contributed by atoms with E-state index in [-0.39, 0.29) is 0 Å². The number of nitrogens with zero attached hydrogens (tertiary/aromatic N) is 1. The first-order valence-electron chi connectivity index (χ1n) is 3.54. The van der Waals surface area contributed by atoms with Gasteiger partial charge < -0.3 is 9.84 Å². The maximum atomic E-state index is 5.05. The van der Waals surface area contributed by atoms with Gasteiger partial charge in [0.25, 0.3) is 0 Å². The standard InChI is InChI=1S/C8H7BrN2O/c1-10-8-7-5(9)3-2-4-6(7)11-12-8/h2-4,10H,1H3. The molecule has 0 unspecified atom stereocenters. The Hall–Kier alpha value is -1.03. The van der Waals surface area contributed by atoms with Gasteiger partial charge in [-0.25, -0.2) is 0 Å². The second-order valence-corrected chi connectivity index (χ2v) is 3.25. The fourth-order valence-electron chi connectivity index (χ4n) is 1.12. The topological polar surface area (TPSA) is 38.1 Å². The molecule has 4 heteroatoms. The molecule has 2 aromatic rings. The van der Waals surface area contributed by atoms with Crippen molar-refractivity contribution < 1.29 is 4.52 Å². The Balaban J connectivity index is 2.83. The largest absolute Gasteiger partial charge is 0.357 e. The van der Waals surface area contributed by atoms with Crippen molar-refractivity contribution in [3.8, 4) is 0 Å². The number of halogens is 1. The number of rotatable bonds is 1. The fourth-order valence-corrected chi connectivity index (χ4v) is 1.66. The zero-order valence-corrected chi connectivity index (χ0v) is 8.05. The first-order valence-corrected chi connectivity index (χ1v) is 4.34. The van der Waals surface area contributed by atoms with E-state index in [4.69, 9.17) is 4.52 Å². The van der Waals surface area contributed by atoms with Gasteiger partial charge in [0.15, 0.2) is 0 Å². The van der Waals surface area contributed by atoms with Crippen molar-refractivity contribution in [2.45, 2.75) is 0 Å². The summed E-state index contributed by atoms with van der Waals surface area (Å²) in [6, 6.07) is 5.79. The molecule has 0 aliphatic rings. The first-order chi connectivity index (χ1) is 5.83. The molecule has 0 radical (unpaired) electrons. The minimum Gasteiger partial charge on any atom is -0.357 e. The van der Waals surface area contributed by atoms with Crippen LogP contribution in [0.25, 0.3) is 10.9 Å². The van der Waals surface area contributed by atoms with Gasteiger partial charge in [-0.2, -0.15) is 0 Å². The first kappa shape index (κ1) is 7.61. The highest BCUT2D eigenvalue weighted by Gasteiger charge is 2.08. The fraction of sp³-hybridized carbons (Fsp3) is 0.125. The molecule has 1 aromatic heterocycles. The molecular formula is C8H7BrN2O. The van der Waals surface area contributed by atoms with Crippen LogP contribution in [0.2, 0.25) is 0 Å². The Morgan fingerprint density at radius 1 is 1.50 bits per heavy atom. The van der Waals surface area contributed by atoms with E-state index in [2.05, 4.69) is 26.4 Å². The second kappa shape index (κ2) is 2.79. The van der Waals surface area contributed by atoms with E-state index in [1.54, 1.807) is 7.05 Å². The smallest absolute Gasteiger partial charge is 0.233 e. The average molecular weight is 227 g/mol. The molecule has 0 amide bonds. The number of aromatic nitrogens is 1. The quantitative estimate of drug-likeness (QED) is 0.813. The summed E-state index contributed by atoms with van der Waals surface area (Å²) in [5, 5.41) is 7.80. The average Bonchev–Trinajstić information content (AvgIpc) is 2.49. The van der Waals surface area contributed by atoms with Crippen molar-refractivity contribution >= 4 is 32.7 Å². The summed E-state index contributed by atoms with van der Waals surface area (Å²) >= 11 is 3.43. The van der Waals surface area contributed by atoms with E-state index in [1.807, 2.05) is 18.2 Å². The summed E-state index contributed by atoms with van der Waals surface area (Å²) in [6.07, 6.45) is 0. The molecule has 2 rings (SSSR count). The predicted molar refractivity (Wildman–Crippen MR) is 51.3 cm³/mol. The Kier molecular flexibility index (Phi) is 1.77.